The van der Waals surface area contributed by atoms with Gasteiger partial charge in [0.25, 0.3) is 0 Å². The van der Waals surface area contributed by atoms with Gasteiger partial charge in [-0.25, -0.2) is 0 Å². The van der Waals surface area contributed by atoms with Gasteiger partial charge in [-0.3, -0.25) is 0 Å². The number of thioether (sulfide) groups is 1. The molecule has 1 atom stereocenters. The van der Waals surface area contributed by atoms with E-state index in [-0.39, 0.29) is 0 Å². The summed E-state index contributed by atoms with van der Waals surface area (Å²) in [6, 6.07) is 0. The van der Waals surface area contributed by atoms with Crippen LogP contribution in [0.5, 0.6) is 0 Å². The molecule has 1 nitrogen and oxygen atoms in total. The zero-order chi connectivity index (χ0) is 8.53. The van der Waals surface area contributed by atoms with Crippen LogP contribution in [-0.4, -0.2) is 24.6 Å². The second-order valence-electron chi connectivity index (χ2n) is 2.90. The van der Waals surface area contributed by atoms with E-state index in [2.05, 4.69) is 26.1 Å². The predicted octanol–water partition coefficient (Wildman–Crippen LogP) is 2.38. The normalized spacial score (nSPS) is 13.4. The van der Waals surface area contributed by atoms with Gasteiger partial charge in [0.2, 0.25) is 0 Å². The Labute approximate surface area is 75.3 Å². The highest BCUT2D eigenvalue weighted by Crippen LogP contribution is 2.07. The smallest absolute Gasteiger partial charge is 0.00230 e. The molecule has 0 aromatic carbocycles. The topological polar surface area (TPSA) is 12.0 Å². The Morgan fingerprint density at radius 2 is 2.09 bits per heavy atom. The maximum absolute atomic E-state index is 3.37. The Hall–Kier alpha value is 0.310. The molecule has 2 heteroatoms. The molecular weight excluding hydrogens is 154 g/mol. The zero-order valence-electron chi connectivity index (χ0n) is 8.02. The second kappa shape index (κ2) is 8.41. The molecule has 0 spiro atoms. The SMILES string of the molecule is CCNCC(C)CCSCC. The van der Waals surface area contributed by atoms with Gasteiger partial charge < -0.3 is 5.32 Å². The summed E-state index contributed by atoms with van der Waals surface area (Å²) in [4.78, 5) is 0. The molecule has 0 bridgehead atoms. The highest BCUT2D eigenvalue weighted by Gasteiger charge is 1.99. The maximum atomic E-state index is 3.37. The Bertz CT molecular complexity index is 76.0. The van der Waals surface area contributed by atoms with E-state index in [9.17, 15) is 0 Å². The molecule has 0 heterocycles. The Kier molecular flexibility index (Phi) is 8.64. The molecule has 1 N–H and O–H groups in total. The van der Waals surface area contributed by atoms with Gasteiger partial charge in [0.15, 0.2) is 0 Å². The van der Waals surface area contributed by atoms with E-state index < -0.39 is 0 Å². The molecule has 0 aromatic heterocycles. The Morgan fingerprint density at radius 1 is 1.36 bits per heavy atom. The molecule has 0 saturated heterocycles. The van der Waals surface area contributed by atoms with Crippen molar-refractivity contribution >= 4 is 11.8 Å². The van der Waals surface area contributed by atoms with Crippen LogP contribution in [0.1, 0.15) is 27.2 Å². The van der Waals surface area contributed by atoms with Crippen LogP contribution in [0, 0.1) is 5.92 Å². The fourth-order valence-corrected chi connectivity index (χ4v) is 1.78. The standard InChI is InChI=1S/C9H21NS/c1-4-10-8-9(3)6-7-11-5-2/h9-10H,4-8H2,1-3H3. The molecule has 0 amide bonds. The first-order chi connectivity index (χ1) is 5.31. The minimum absolute atomic E-state index is 0.842. The van der Waals surface area contributed by atoms with Gasteiger partial charge >= 0.3 is 0 Å². The van der Waals surface area contributed by atoms with Crippen molar-refractivity contribution in [2.75, 3.05) is 24.6 Å². The monoisotopic (exact) mass is 175 g/mol. The number of hydrogen-bond donors (Lipinski definition) is 1. The van der Waals surface area contributed by atoms with Crippen LogP contribution in [0.25, 0.3) is 0 Å². The molecule has 1 unspecified atom stereocenters. The average molecular weight is 175 g/mol. The largest absolute Gasteiger partial charge is 0.317 e. The summed E-state index contributed by atoms with van der Waals surface area (Å²) in [6.07, 6.45) is 1.35. The van der Waals surface area contributed by atoms with Gasteiger partial charge in [0, 0.05) is 0 Å². The van der Waals surface area contributed by atoms with Gasteiger partial charge in [-0.15, -0.1) is 0 Å². The van der Waals surface area contributed by atoms with Crippen molar-refractivity contribution in [2.45, 2.75) is 27.2 Å². The summed E-state index contributed by atoms with van der Waals surface area (Å²) >= 11 is 2.04. The molecule has 0 aliphatic carbocycles. The lowest BCUT2D eigenvalue weighted by molar-refractivity contribution is 0.513. The summed E-state index contributed by atoms with van der Waals surface area (Å²) < 4.78 is 0. The van der Waals surface area contributed by atoms with E-state index in [1.54, 1.807) is 0 Å². The number of rotatable bonds is 7. The third-order valence-corrected chi connectivity index (χ3v) is 2.63. The van der Waals surface area contributed by atoms with Gasteiger partial charge in [-0.1, -0.05) is 20.8 Å². The molecule has 0 rings (SSSR count). The quantitative estimate of drug-likeness (QED) is 0.596. The number of nitrogens with one attached hydrogen (secondary N) is 1. The summed E-state index contributed by atoms with van der Waals surface area (Å²) in [5.41, 5.74) is 0. The summed E-state index contributed by atoms with van der Waals surface area (Å²) in [7, 11) is 0. The van der Waals surface area contributed by atoms with Crippen molar-refractivity contribution in [1.29, 1.82) is 0 Å². The summed E-state index contributed by atoms with van der Waals surface area (Å²) in [6.45, 7) is 8.98. The first-order valence-electron chi connectivity index (χ1n) is 4.59. The van der Waals surface area contributed by atoms with Gasteiger partial charge in [-0.2, -0.15) is 11.8 Å². The van der Waals surface area contributed by atoms with E-state index in [1.807, 2.05) is 11.8 Å². The first kappa shape index (κ1) is 11.3. The molecular formula is C9H21NS. The highest BCUT2D eigenvalue weighted by atomic mass is 32.2. The fourth-order valence-electron chi connectivity index (χ4n) is 0.922. The third-order valence-electron chi connectivity index (χ3n) is 1.70. The lowest BCUT2D eigenvalue weighted by atomic mass is 10.1. The summed E-state index contributed by atoms with van der Waals surface area (Å²) in [5.74, 6) is 3.42. The van der Waals surface area contributed by atoms with Crippen LogP contribution in [0.4, 0.5) is 0 Å². The van der Waals surface area contributed by atoms with Crippen LogP contribution in [0.2, 0.25) is 0 Å². The zero-order valence-corrected chi connectivity index (χ0v) is 8.84. The molecule has 68 valence electrons. The van der Waals surface area contributed by atoms with Crippen LogP contribution >= 0.6 is 11.8 Å². The molecule has 0 radical (unpaired) electrons. The Balaban J connectivity index is 3.02. The lowest BCUT2D eigenvalue weighted by Crippen LogP contribution is -2.20. The molecule has 11 heavy (non-hydrogen) atoms. The van der Waals surface area contributed by atoms with E-state index >= 15 is 0 Å². The van der Waals surface area contributed by atoms with Gasteiger partial charge in [0.05, 0.1) is 0 Å². The maximum Gasteiger partial charge on any atom is -0.00230 e. The third kappa shape index (κ3) is 8.21. The fraction of sp³-hybridized carbons (Fsp3) is 1.00. The van der Waals surface area contributed by atoms with Crippen molar-refractivity contribution in [3.63, 3.8) is 0 Å². The average Bonchev–Trinajstić information content (AvgIpc) is 2.01. The van der Waals surface area contributed by atoms with Crippen molar-refractivity contribution in [1.82, 2.24) is 5.32 Å². The minimum atomic E-state index is 0.842. The van der Waals surface area contributed by atoms with Crippen LogP contribution in [-0.2, 0) is 0 Å². The first-order valence-corrected chi connectivity index (χ1v) is 5.75. The van der Waals surface area contributed by atoms with Crippen molar-refractivity contribution < 1.29 is 0 Å². The second-order valence-corrected chi connectivity index (χ2v) is 4.29. The summed E-state index contributed by atoms with van der Waals surface area (Å²) in [5, 5.41) is 3.37. The van der Waals surface area contributed by atoms with Crippen molar-refractivity contribution in [3.8, 4) is 0 Å². The van der Waals surface area contributed by atoms with E-state index in [0.717, 1.165) is 12.5 Å². The highest BCUT2D eigenvalue weighted by molar-refractivity contribution is 7.99. The predicted molar refractivity (Wildman–Crippen MR) is 55.3 cm³/mol. The van der Waals surface area contributed by atoms with Gasteiger partial charge in [0.1, 0.15) is 0 Å². The number of hydrogen-bond acceptors (Lipinski definition) is 2. The molecule has 0 aliphatic heterocycles. The van der Waals surface area contributed by atoms with E-state index in [0.29, 0.717) is 0 Å². The van der Waals surface area contributed by atoms with Crippen LogP contribution in [0.3, 0.4) is 0 Å². The van der Waals surface area contributed by atoms with E-state index in [1.165, 1.54) is 24.5 Å². The molecule has 0 aromatic rings. The molecule has 0 fully saturated rings. The molecule has 0 aliphatic rings. The van der Waals surface area contributed by atoms with E-state index in [4.69, 9.17) is 0 Å². The van der Waals surface area contributed by atoms with Crippen molar-refractivity contribution in [3.05, 3.63) is 0 Å². The van der Waals surface area contributed by atoms with Crippen molar-refractivity contribution in [2.24, 2.45) is 5.92 Å². The van der Waals surface area contributed by atoms with Crippen LogP contribution < -0.4 is 5.32 Å². The van der Waals surface area contributed by atoms with Crippen LogP contribution in [0.15, 0.2) is 0 Å². The Morgan fingerprint density at radius 3 is 2.64 bits per heavy atom. The molecule has 0 saturated carbocycles. The lowest BCUT2D eigenvalue weighted by Gasteiger charge is -2.10. The minimum Gasteiger partial charge on any atom is -0.317 e. The van der Waals surface area contributed by atoms with Gasteiger partial charge in [-0.05, 0) is 36.9 Å².